The fraction of sp³-hybridized carbons (Fsp3) is 0.143. The van der Waals surface area contributed by atoms with Gasteiger partial charge in [0.15, 0.2) is 0 Å². The van der Waals surface area contributed by atoms with Crippen molar-refractivity contribution in [2.75, 3.05) is 12.0 Å². The Morgan fingerprint density at radius 1 is 1.32 bits per heavy atom. The Kier molecular flexibility index (Phi) is 4.36. The third-order valence-electron chi connectivity index (χ3n) is 2.60. The van der Waals surface area contributed by atoms with E-state index >= 15 is 0 Å². The van der Waals surface area contributed by atoms with E-state index in [1.807, 2.05) is 12.1 Å². The van der Waals surface area contributed by atoms with Crippen molar-refractivity contribution in [1.82, 2.24) is 4.98 Å². The minimum absolute atomic E-state index is 0.391. The van der Waals surface area contributed by atoms with Gasteiger partial charge in [-0.2, -0.15) is 0 Å². The second kappa shape index (κ2) is 6.20. The van der Waals surface area contributed by atoms with Crippen LogP contribution in [0.2, 0.25) is 5.02 Å². The van der Waals surface area contributed by atoms with Crippen molar-refractivity contribution in [2.24, 2.45) is 0 Å². The number of carbonyl (C=O) groups is 1. The normalized spacial score (nSPS) is 10.0. The van der Waals surface area contributed by atoms with E-state index in [-0.39, 0.29) is 0 Å². The van der Waals surface area contributed by atoms with Crippen molar-refractivity contribution in [3.8, 4) is 0 Å². The molecule has 1 heterocycles. The van der Waals surface area contributed by atoms with E-state index in [1.54, 1.807) is 36.7 Å². The van der Waals surface area contributed by atoms with E-state index in [0.717, 1.165) is 11.3 Å². The van der Waals surface area contributed by atoms with Crippen LogP contribution in [0.3, 0.4) is 0 Å². The molecule has 98 valence electrons. The predicted octanol–water partition coefficient (Wildman–Crippen LogP) is 3.51. The highest BCUT2D eigenvalue weighted by Crippen LogP contribution is 2.20. The largest absolute Gasteiger partial charge is 0.452 e. The van der Waals surface area contributed by atoms with Crippen LogP contribution in [0.25, 0.3) is 0 Å². The molecule has 1 aromatic carbocycles. The molecule has 1 amide bonds. The summed E-state index contributed by atoms with van der Waals surface area (Å²) >= 11 is 5.85. The van der Waals surface area contributed by atoms with Gasteiger partial charge < -0.3 is 4.74 Å². The van der Waals surface area contributed by atoms with Crippen molar-refractivity contribution in [3.63, 3.8) is 0 Å². The molecule has 1 aromatic heterocycles. The molecule has 0 aliphatic carbocycles. The van der Waals surface area contributed by atoms with Gasteiger partial charge in [-0.25, -0.2) is 4.79 Å². The number of ether oxygens (including phenoxy) is 1. The summed E-state index contributed by atoms with van der Waals surface area (Å²) in [7, 11) is 1.36. The SMILES string of the molecule is COC(=O)N(Cc1cccnc1)c1ccc(Cl)cc1. The maximum Gasteiger partial charge on any atom is 0.414 e. The molecule has 4 nitrogen and oxygen atoms in total. The first-order valence-electron chi connectivity index (χ1n) is 5.70. The minimum Gasteiger partial charge on any atom is -0.452 e. The number of pyridine rings is 1. The van der Waals surface area contributed by atoms with Gasteiger partial charge >= 0.3 is 6.09 Å². The number of rotatable bonds is 3. The van der Waals surface area contributed by atoms with Crippen LogP contribution < -0.4 is 4.90 Å². The number of hydrogen-bond donors (Lipinski definition) is 0. The van der Waals surface area contributed by atoms with Crippen molar-refractivity contribution in [1.29, 1.82) is 0 Å². The Hall–Kier alpha value is -2.07. The third-order valence-corrected chi connectivity index (χ3v) is 2.85. The Bertz CT molecular complexity index is 543. The van der Waals surface area contributed by atoms with Crippen molar-refractivity contribution in [3.05, 3.63) is 59.4 Å². The number of nitrogens with zero attached hydrogens (tertiary/aromatic N) is 2. The molecule has 0 radical (unpaired) electrons. The molecular weight excluding hydrogens is 264 g/mol. The molecule has 19 heavy (non-hydrogen) atoms. The number of aromatic nitrogens is 1. The van der Waals surface area contributed by atoms with Gasteiger partial charge in [-0.1, -0.05) is 17.7 Å². The van der Waals surface area contributed by atoms with Crippen LogP contribution in [-0.2, 0) is 11.3 Å². The molecule has 5 heteroatoms. The summed E-state index contributed by atoms with van der Waals surface area (Å²) < 4.78 is 4.80. The zero-order valence-electron chi connectivity index (χ0n) is 10.4. The van der Waals surface area contributed by atoms with Gasteiger partial charge in [0.1, 0.15) is 0 Å². The van der Waals surface area contributed by atoms with Crippen LogP contribution in [0.5, 0.6) is 0 Å². The second-order valence-electron chi connectivity index (χ2n) is 3.89. The lowest BCUT2D eigenvalue weighted by Crippen LogP contribution is -2.30. The van der Waals surface area contributed by atoms with Crippen LogP contribution in [0.4, 0.5) is 10.5 Å². The maximum atomic E-state index is 11.9. The maximum absolute atomic E-state index is 11.9. The van der Waals surface area contributed by atoms with Crippen molar-refractivity contribution in [2.45, 2.75) is 6.54 Å². The molecule has 0 spiro atoms. The summed E-state index contributed by atoms with van der Waals surface area (Å²) in [6.07, 6.45) is 2.98. The zero-order chi connectivity index (χ0) is 13.7. The van der Waals surface area contributed by atoms with Crippen LogP contribution in [0.15, 0.2) is 48.8 Å². The highest BCUT2D eigenvalue weighted by molar-refractivity contribution is 6.30. The average molecular weight is 277 g/mol. The van der Waals surface area contributed by atoms with Gasteiger partial charge in [0.05, 0.1) is 13.7 Å². The second-order valence-corrected chi connectivity index (χ2v) is 4.33. The molecule has 0 unspecified atom stereocenters. The molecule has 0 fully saturated rings. The van der Waals surface area contributed by atoms with Gasteiger partial charge in [0.2, 0.25) is 0 Å². The third kappa shape index (κ3) is 3.45. The van der Waals surface area contributed by atoms with Gasteiger partial charge in [-0.05, 0) is 35.9 Å². The standard InChI is InChI=1S/C14H13ClN2O2/c1-19-14(18)17(10-11-3-2-8-16-9-11)13-6-4-12(15)5-7-13/h2-9H,10H2,1H3. The van der Waals surface area contributed by atoms with Crippen LogP contribution in [-0.4, -0.2) is 18.2 Å². The first-order valence-corrected chi connectivity index (χ1v) is 6.08. The molecule has 0 N–H and O–H groups in total. The molecule has 0 saturated heterocycles. The van der Waals surface area contributed by atoms with E-state index in [4.69, 9.17) is 16.3 Å². The number of hydrogen-bond acceptors (Lipinski definition) is 3. The summed E-state index contributed by atoms with van der Waals surface area (Å²) in [5.41, 5.74) is 1.64. The number of carbonyl (C=O) groups excluding carboxylic acids is 1. The van der Waals surface area contributed by atoms with Gasteiger partial charge in [-0.3, -0.25) is 9.88 Å². The van der Waals surface area contributed by atoms with Gasteiger partial charge in [0, 0.05) is 23.1 Å². The lowest BCUT2D eigenvalue weighted by Gasteiger charge is -2.21. The molecule has 0 bridgehead atoms. The monoisotopic (exact) mass is 276 g/mol. The van der Waals surface area contributed by atoms with Gasteiger partial charge in [-0.15, -0.1) is 0 Å². The van der Waals surface area contributed by atoms with Crippen molar-refractivity contribution >= 4 is 23.4 Å². The van der Waals surface area contributed by atoms with E-state index in [9.17, 15) is 4.79 Å². The number of benzene rings is 1. The summed E-state index contributed by atoms with van der Waals surface area (Å²) in [5.74, 6) is 0. The quantitative estimate of drug-likeness (QED) is 0.861. The lowest BCUT2D eigenvalue weighted by atomic mass is 10.2. The first-order chi connectivity index (χ1) is 9.20. The highest BCUT2D eigenvalue weighted by atomic mass is 35.5. The molecule has 2 rings (SSSR count). The Balaban J connectivity index is 2.26. The molecule has 0 aliphatic heterocycles. The fourth-order valence-electron chi connectivity index (χ4n) is 1.67. The van der Waals surface area contributed by atoms with E-state index in [1.165, 1.54) is 12.0 Å². The predicted molar refractivity (Wildman–Crippen MR) is 74.3 cm³/mol. The smallest absolute Gasteiger partial charge is 0.414 e. The molecule has 2 aromatic rings. The Labute approximate surface area is 116 Å². The minimum atomic E-state index is -0.425. The van der Waals surface area contributed by atoms with E-state index < -0.39 is 6.09 Å². The van der Waals surface area contributed by atoms with Crippen LogP contribution >= 0.6 is 11.6 Å². The molecule has 0 aliphatic rings. The Morgan fingerprint density at radius 3 is 2.63 bits per heavy atom. The lowest BCUT2D eigenvalue weighted by molar-refractivity contribution is 0.178. The van der Waals surface area contributed by atoms with Crippen LogP contribution in [0, 0.1) is 0 Å². The summed E-state index contributed by atoms with van der Waals surface area (Å²) in [6.45, 7) is 0.391. The summed E-state index contributed by atoms with van der Waals surface area (Å²) in [6, 6.07) is 10.7. The molecule has 0 saturated carbocycles. The average Bonchev–Trinajstić information content (AvgIpc) is 2.46. The van der Waals surface area contributed by atoms with Gasteiger partial charge in [0.25, 0.3) is 0 Å². The summed E-state index contributed by atoms with van der Waals surface area (Å²) in [4.78, 5) is 17.4. The fourth-order valence-corrected chi connectivity index (χ4v) is 1.79. The number of methoxy groups -OCH3 is 1. The summed E-state index contributed by atoms with van der Waals surface area (Å²) in [5, 5.41) is 0.620. The van der Waals surface area contributed by atoms with E-state index in [0.29, 0.717) is 11.6 Å². The first kappa shape index (κ1) is 13.4. The molecular formula is C14H13ClN2O2. The number of halogens is 1. The Morgan fingerprint density at radius 2 is 2.05 bits per heavy atom. The highest BCUT2D eigenvalue weighted by Gasteiger charge is 2.16. The number of amides is 1. The van der Waals surface area contributed by atoms with E-state index in [2.05, 4.69) is 4.98 Å². The molecule has 0 atom stereocenters. The van der Waals surface area contributed by atoms with Crippen molar-refractivity contribution < 1.29 is 9.53 Å². The number of anilines is 1. The zero-order valence-corrected chi connectivity index (χ0v) is 11.2. The van der Waals surface area contributed by atoms with Crippen LogP contribution in [0.1, 0.15) is 5.56 Å². The topological polar surface area (TPSA) is 42.4 Å².